The van der Waals surface area contributed by atoms with Crippen molar-refractivity contribution in [2.45, 2.75) is 20.0 Å². The van der Waals surface area contributed by atoms with E-state index in [2.05, 4.69) is 10.5 Å². The van der Waals surface area contributed by atoms with Crippen molar-refractivity contribution in [1.82, 2.24) is 5.16 Å². The van der Waals surface area contributed by atoms with Gasteiger partial charge in [-0.1, -0.05) is 17.3 Å². The Balaban J connectivity index is 1.90. The highest BCUT2D eigenvalue weighted by Gasteiger charge is 2.19. The number of fused-ring (bicyclic) bond motifs is 1. The van der Waals surface area contributed by atoms with Crippen LogP contribution in [0.5, 0.6) is 0 Å². The van der Waals surface area contributed by atoms with Gasteiger partial charge in [0.05, 0.1) is 13.2 Å². The fourth-order valence-electron chi connectivity index (χ4n) is 2.22. The Morgan fingerprint density at radius 3 is 3.11 bits per heavy atom. The van der Waals surface area contributed by atoms with Gasteiger partial charge in [0.25, 0.3) is 5.91 Å². The molecule has 5 nitrogen and oxygen atoms in total. The van der Waals surface area contributed by atoms with Gasteiger partial charge >= 0.3 is 0 Å². The van der Waals surface area contributed by atoms with Gasteiger partial charge in [-0.2, -0.15) is 0 Å². The van der Waals surface area contributed by atoms with Crippen LogP contribution >= 0.6 is 0 Å². The molecule has 0 aliphatic carbocycles. The third-order valence-corrected chi connectivity index (χ3v) is 3.25. The molecule has 1 aromatic carbocycles. The average Bonchev–Trinajstić information content (AvgIpc) is 2.83. The Bertz CT molecular complexity index is 619. The summed E-state index contributed by atoms with van der Waals surface area (Å²) in [5, 5.41) is 6.53. The van der Waals surface area contributed by atoms with Crippen molar-refractivity contribution < 1.29 is 14.1 Å². The number of amides is 1. The summed E-state index contributed by atoms with van der Waals surface area (Å²) in [5.41, 5.74) is 3.63. The molecule has 0 bridgehead atoms. The van der Waals surface area contributed by atoms with Crippen LogP contribution in [0.1, 0.15) is 27.0 Å². The van der Waals surface area contributed by atoms with Gasteiger partial charge in [-0.15, -0.1) is 0 Å². The minimum absolute atomic E-state index is 0.157. The maximum Gasteiger partial charge on any atom is 0.257 e. The summed E-state index contributed by atoms with van der Waals surface area (Å²) in [6, 6.07) is 5.69. The van der Waals surface area contributed by atoms with Crippen LogP contribution in [0.2, 0.25) is 0 Å². The third-order valence-electron chi connectivity index (χ3n) is 3.25. The van der Waals surface area contributed by atoms with Crippen LogP contribution in [0, 0.1) is 6.92 Å². The molecular formula is C14H14N2O3. The maximum absolute atomic E-state index is 12.3. The number of anilines is 1. The highest BCUT2D eigenvalue weighted by atomic mass is 16.5. The summed E-state index contributed by atoms with van der Waals surface area (Å²) >= 11 is 0. The lowest BCUT2D eigenvalue weighted by Crippen LogP contribution is -2.19. The Kier molecular flexibility index (Phi) is 3.05. The molecule has 1 amide bonds. The number of hydrogen-bond donors (Lipinski definition) is 1. The van der Waals surface area contributed by atoms with Crippen molar-refractivity contribution >= 4 is 11.7 Å². The number of rotatable bonds is 2. The molecule has 1 aliphatic heterocycles. The predicted octanol–water partition coefficient (Wildman–Crippen LogP) is 2.31. The lowest BCUT2D eigenvalue weighted by Gasteiger charge is -2.19. The zero-order valence-electron chi connectivity index (χ0n) is 10.6. The van der Waals surface area contributed by atoms with E-state index in [1.54, 1.807) is 0 Å². The van der Waals surface area contributed by atoms with Crippen molar-refractivity contribution in [2.24, 2.45) is 0 Å². The molecule has 5 heteroatoms. The average molecular weight is 258 g/mol. The summed E-state index contributed by atoms with van der Waals surface area (Å²) in [5.74, 6) is 0.311. The molecule has 2 heterocycles. The molecule has 0 fully saturated rings. The number of hydrogen-bond acceptors (Lipinski definition) is 4. The fourth-order valence-corrected chi connectivity index (χ4v) is 2.22. The summed E-state index contributed by atoms with van der Waals surface area (Å²) < 4.78 is 10.2. The number of aromatic nitrogens is 1. The third kappa shape index (κ3) is 2.24. The minimum atomic E-state index is -0.157. The molecular weight excluding hydrogens is 244 g/mol. The number of nitrogens with zero attached hydrogens (tertiary/aromatic N) is 1. The van der Waals surface area contributed by atoms with E-state index >= 15 is 0 Å². The number of carbonyl (C=O) groups excluding carboxylic acids is 1. The maximum atomic E-state index is 12.3. The molecule has 2 aromatic rings. The zero-order valence-corrected chi connectivity index (χ0v) is 10.6. The topological polar surface area (TPSA) is 64.4 Å². The Labute approximate surface area is 110 Å². The zero-order chi connectivity index (χ0) is 13.2. The van der Waals surface area contributed by atoms with Gasteiger partial charge in [0, 0.05) is 11.1 Å². The van der Waals surface area contributed by atoms with E-state index in [9.17, 15) is 4.79 Å². The van der Waals surface area contributed by atoms with Crippen LogP contribution in [0.15, 0.2) is 29.0 Å². The van der Waals surface area contributed by atoms with Crippen molar-refractivity contribution in [3.63, 3.8) is 0 Å². The van der Waals surface area contributed by atoms with Gasteiger partial charge in [0.2, 0.25) is 0 Å². The second-order valence-electron chi connectivity index (χ2n) is 4.55. The smallest absolute Gasteiger partial charge is 0.257 e. The first-order chi connectivity index (χ1) is 9.25. The number of nitrogens with one attached hydrogen (secondary N) is 1. The van der Waals surface area contributed by atoms with Crippen LogP contribution in [0.3, 0.4) is 0 Å². The van der Waals surface area contributed by atoms with Gasteiger partial charge in [-0.05, 0) is 30.5 Å². The fraction of sp³-hybridized carbons (Fsp3) is 0.286. The molecule has 0 atom stereocenters. The SMILES string of the molecule is Cc1conc1NC(=O)c1cccc2c1CCOC2. The van der Waals surface area contributed by atoms with Crippen molar-refractivity contribution in [3.05, 3.63) is 46.7 Å². The van der Waals surface area contributed by atoms with E-state index in [0.717, 1.165) is 23.1 Å². The summed E-state index contributed by atoms with van der Waals surface area (Å²) in [6.45, 7) is 3.06. The minimum Gasteiger partial charge on any atom is -0.376 e. The van der Waals surface area contributed by atoms with Crippen LogP contribution in [-0.4, -0.2) is 17.7 Å². The standard InChI is InChI=1S/C14H14N2O3/c1-9-7-19-16-13(9)15-14(17)12-4-2-3-10-8-18-6-5-11(10)12/h2-4,7H,5-6,8H2,1H3,(H,15,16,17). The summed E-state index contributed by atoms with van der Waals surface area (Å²) in [6.07, 6.45) is 2.26. The van der Waals surface area contributed by atoms with Gasteiger partial charge < -0.3 is 14.6 Å². The molecule has 3 rings (SSSR count). The number of ether oxygens (including phenoxy) is 1. The summed E-state index contributed by atoms with van der Waals surface area (Å²) in [7, 11) is 0. The highest BCUT2D eigenvalue weighted by Crippen LogP contribution is 2.22. The van der Waals surface area contributed by atoms with Gasteiger partial charge in [-0.25, -0.2) is 0 Å². The molecule has 98 valence electrons. The van der Waals surface area contributed by atoms with Crippen molar-refractivity contribution in [1.29, 1.82) is 0 Å². The van der Waals surface area contributed by atoms with Gasteiger partial charge in [0.15, 0.2) is 5.82 Å². The van der Waals surface area contributed by atoms with E-state index in [-0.39, 0.29) is 5.91 Å². The van der Waals surface area contributed by atoms with E-state index in [4.69, 9.17) is 9.26 Å². The first-order valence-corrected chi connectivity index (χ1v) is 6.16. The van der Waals surface area contributed by atoms with E-state index in [1.807, 2.05) is 25.1 Å². The monoisotopic (exact) mass is 258 g/mol. The Morgan fingerprint density at radius 1 is 1.42 bits per heavy atom. The molecule has 0 saturated heterocycles. The second-order valence-corrected chi connectivity index (χ2v) is 4.55. The molecule has 0 radical (unpaired) electrons. The molecule has 1 aliphatic rings. The number of benzene rings is 1. The lowest BCUT2D eigenvalue weighted by atomic mass is 9.97. The van der Waals surface area contributed by atoms with Crippen LogP contribution in [0.4, 0.5) is 5.82 Å². The molecule has 1 N–H and O–H groups in total. The number of carbonyl (C=O) groups is 1. The predicted molar refractivity (Wildman–Crippen MR) is 69.0 cm³/mol. The van der Waals surface area contributed by atoms with Crippen LogP contribution in [-0.2, 0) is 17.8 Å². The lowest BCUT2D eigenvalue weighted by molar-refractivity contribution is 0.100. The molecule has 19 heavy (non-hydrogen) atoms. The molecule has 0 saturated carbocycles. The molecule has 1 aromatic heterocycles. The van der Waals surface area contributed by atoms with Crippen LogP contribution < -0.4 is 5.32 Å². The number of aryl methyl sites for hydroxylation is 1. The quantitative estimate of drug-likeness (QED) is 0.897. The van der Waals surface area contributed by atoms with E-state index in [0.29, 0.717) is 24.6 Å². The Morgan fingerprint density at radius 2 is 2.32 bits per heavy atom. The van der Waals surface area contributed by atoms with E-state index in [1.165, 1.54) is 6.26 Å². The highest BCUT2D eigenvalue weighted by molar-refractivity contribution is 6.05. The van der Waals surface area contributed by atoms with Crippen molar-refractivity contribution in [3.8, 4) is 0 Å². The van der Waals surface area contributed by atoms with Gasteiger partial charge in [0.1, 0.15) is 6.26 Å². The second kappa shape index (κ2) is 4.85. The van der Waals surface area contributed by atoms with Crippen LogP contribution in [0.25, 0.3) is 0 Å². The molecule has 0 spiro atoms. The van der Waals surface area contributed by atoms with Crippen molar-refractivity contribution in [2.75, 3.05) is 11.9 Å². The first kappa shape index (κ1) is 11.9. The Hall–Kier alpha value is -2.14. The van der Waals surface area contributed by atoms with Gasteiger partial charge in [-0.3, -0.25) is 4.79 Å². The summed E-state index contributed by atoms with van der Waals surface area (Å²) in [4.78, 5) is 12.3. The normalized spacial score (nSPS) is 13.9. The first-order valence-electron chi connectivity index (χ1n) is 6.16. The van der Waals surface area contributed by atoms with E-state index < -0.39 is 0 Å². The largest absolute Gasteiger partial charge is 0.376 e. The molecule has 0 unspecified atom stereocenters.